The maximum absolute atomic E-state index is 13.0. The maximum atomic E-state index is 13.0. The molecule has 1 saturated heterocycles. The lowest BCUT2D eigenvalue weighted by molar-refractivity contribution is -0.140. The fourth-order valence-electron chi connectivity index (χ4n) is 2.24. The van der Waals surface area contributed by atoms with E-state index in [0.29, 0.717) is 17.4 Å². The first kappa shape index (κ1) is 14.9. The summed E-state index contributed by atoms with van der Waals surface area (Å²) in [7, 11) is 0. The Kier molecular flexibility index (Phi) is 4.10. The highest BCUT2D eigenvalue weighted by atomic mass is 79.9. The lowest BCUT2D eigenvalue weighted by atomic mass is 9.92. The molecule has 1 heterocycles. The Morgan fingerprint density at radius 1 is 1.45 bits per heavy atom. The standard InChI is InChI=1S/C13H14BrFN2O3/c14-10-6-8(15)2-3-9(10)11(18)17-5-1-4-13(20,7-17)12(16)19/h2-3,6,20H,1,4-5,7H2,(H2,16,19)/t13-/m0/s1. The smallest absolute Gasteiger partial charge is 0.255 e. The van der Waals surface area contributed by atoms with Crippen molar-refractivity contribution < 1.29 is 19.1 Å². The van der Waals surface area contributed by atoms with Crippen LogP contribution in [0.4, 0.5) is 4.39 Å². The minimum atomic E-state index is -1.69. The summed E-state index contributed by atoms with van der Waals surface area (Å²) in [6.45, 7) is 0.267. The van der Waals surface area contributed by atoms with Gasteiger partial charge in [-0.1, -0.05) is 0 Å². The van der Waals surface area contributed by atoms with Gasteiger partial charge in [0, 0.05) is 11.0 Å². The number of β-amino-alcohol motifs (C(OH)–C–C–N with tert-alkyl or cyclic N) is 1. The van der Waals surface area contributed by atoms with E-state index in [4.69, 9.17) is 5.73 Å². The van der Waals surface area contributed by atoms with Crippen LogP contribution in [0.2, 0.25) is 0 Å². The number of benzene rings is 1. The summed E-state index contributed by atoms with van der Waals surface area (Å²) in [5.41, 5.74) is 3.75. The van der Waals surface area contributed by atoms with Crippen molar-refractivity contribution in [2.75, 3.05) is 13.1 Å². The van der Waals surface area contributed by atoms with Crippen LogP contribution in [-0.4, -0.2) is 40.5 Å². The zero-order chi connectivity index (χ0) is 14.9. The molecule has 1 aliphatic heterocycles. The Morgan fingerprint density at radius 3 is 2.75 bits per heavy atom. The normalized spacial score (nSPS) is 22.6. The van der Waals surface area contributed by atoms with Crippen LogP contribution >= 0.6 is 15.9 Å². The molecule has 5 nitrogen and oxygen atoms in total. The van der Waals surface area contributed by atoms with Crippen molar-refractivity contribution in [3.8, 4) is 0 Å². The third-order valence-corrected chi connectivity index (χ3v) is 4.03. The van der Waals surface area contributed by atoms with Gasteiger partial charge in [-0.15, -0.1) is 0 Å². The van der Waals surface area contributed by atoms with E-state index in [-0.39, 0.29) is 24.4 Å². The van der Waals surface area contributed by atoms with Crippen molar-refractivity contribution in [2.24, 2.45) is 5.73 Å². The fraction of sp³-hybridized carbons (Fsp3) is 0.385. The topological polar surface area (TPSA) is 83.6 Å². The quantitative estimate of drug-likeness (QED) is 0.840. The molecule has 0 saturated carbocycles. The Morgan fingerprint density at radius 2 is 2.15 bits per heavy atom. The zero-order valence-corrected chi connectivity index (χ0v) is 12.2. The van der Waals surface area contributed by atoms with E-state index >= 15 is 0 Å². The second kappa shape index (κ2) is 5.49. The largest absolute Gasteiger partial charge is 0.378 e. The predicted molar refractivity (Wildman–Crippen MR) is 73.4 cm³/mol. The second-order valence-electron chi connectivity index (χ2n) is 4.85. The van der Waals surface area contributed by atoms with Crippen LogP contribution in [-0.2, 0) is 4.79 Å². The van der Waals surface area contributed by atoms with Gasteiger partial charge < -0.3 is 15.7 Å². The Labute approximate surface area is 123 Å². The third-order valence-electron chi connectivity index (χ3n) is 3.38. The average Bonchev–Trinajstić information content (AvgIpc) is 2.38. The van der Waals surface area contributed by atoms with E-state index in [2.05, 4.69) is 15.9 Å². The lowest BCUT2D eigenvalue weighted by Crippen LogP contribution is -2.57. The molecule has 0 unspecified atom stereocenters. The molecule has 0 radical (unpaired) electrons. The number of carbonyl (C=O) groups excluding carboxylic acids is 2. The van der Waals surface area contributed by atoms with Crippen LogP contribution in [0, 0.1) is 5.82 Å². The number of likely N-dealkylation sites (tertiary alicyclic amines) is 1. The van der Waals surface area contributed by atoms with Crippen LogP contribution < -0.4 is 5.73 Å². The van der Waals surface area contributed by atoms with Gasteiger partial charge in [0.25, 0.3) is 11.8 Å². The number of aliphatic hydroxyl groups is 1. The number of carbonyl (C=O) groups is 2. The number of hydrogen-bond donors (Lipinski definition) is 2. The molecule has 0 aromatic heterocycles. The van der Waals surface area contributed by atoms with Crippen molar-refractivity contribution in [3.63, 3.8) is 0 Å². The van der Waals surface area contributed by atoms with Crippen molar-refractivity contribution in [2.45, 2.75) is 18.4 Å². The molecule has 1 aliphatic rings. The predicted octanol–water partition coefficient (Wildman–Crippen LogP) is 1.04. The molecule has 1 atom stereocenters. The summed E-state index contributed by atoms with van der Waals surface area (Å²) in [6, 6.07) is 3.74. The van der Waals surface area contributed by atoms with Crippen molar-refractivity contribution in [1.29, 1.82) is 0 Å². The van der Waals surface area contributed by atoms with Crippen LogP contribution in [0.15, 0.2) is 22.7 Å². The van der Waals surface area contributed by atoms with E-state index in [1.54, 1.807) is 0 Å². The van der Waals surface area contributed by atoms with E-state index in [9.17, 15) is 19.1 Å². The maximum Gasteiger partial charge on any atom is 0.255 e. The van der Waals surface area contributed by atoms with Crippen molar-refractivity contribution in [3.05, 3.63) is 34.1 Å². The molecule has 1 fully saturated rings. The SMILES string of the molecule is NC(=O)[C@]1(O)CCCN(C(=O)c2ccc(F)cc2Br)C1. The monoisotopic (exact) mass is 344 g/mol. The van der Waals surface area contributed by atoms with Gasteiger partial charge >= 0.3 is 0 Å². The minimum Gasteiger partial charge on any atom is -0.378 e. The third kappa shape index (κ3) is 2.83. The van der Waals surface area contributed by atoms with Gasteiger partial charge in [0.15, 0.2) is 5.60 Å². The number of hydrogen-bond acceptors (Lipinski definition) is 3. The highest BCUT2D eigenvalue weighted by Gasteiger charge is 2.40. The molecule has 2 rings (SSSR count). The van der Waals surface area contributed by atoms with Crippen LogP contribution in [0.5, 0.6) is 0 Å². The molecule has 0 spiro atoms. The summed E-state index contributed by atoms with van der Waals surface area (Å²) in [5.74, 6) is -1.68. The van der Waals surface area contributed by atoms with Crippen LogP contribution in [0.3, 0.4) is 0 Å². The molecule has 2 amide bonds. The van der Waals surface area contributed by atoms with E-state index in [1.165, 1.54) is 23.1 Å². The molecule has 7 heteroatoms. The Balaban J connectivity index is 2.23. The zero-order valence-electron chi connectivity index (χ0n) is 10.6. The molecule has 3 N–H and O–H groups in total. The number of piperidine rings is 1. The summed E-state index contributed by atoms with van der Waals surface area (Å²) < 4.78 is 13.4. The van der Waals surface area contributed by atoms with Gasteiger partial charge in [-0.25, -0.2) is 4.39 Å². The fourth-order valence-corrected chi connectivity index (χ4v) is 2.76. The van der Waals surface area contributed by atoms with E-state index in [1.807, 2.05) is 0 Å². The van der Waals surface area contributed by atoms with E-state index in [0.717, 1.165) is 0 Å². The van der Waals surface area contributed by atoms with Crippen LogP contribution in [0.1, 0.15) is 23.2 Å². The highest BCUT2D eigenvalue weighted by molar-refractivity contribution is 9.10. The van der Waals surface area contributed by atoms with Gasteiger partial charge in [0.05, 0.1) is 12.1 Å². The molecule has 0 bridgehead atoms. The van der Waals surface area contributed by atoms with Gasteiger partial charge in [-0.3, -0.25) is 9.59 Å². The molecule has 20 heavy (non-hydrogen) atoms. The van der Waals surface area contributed by atoms with Crippen molar-refractivity contribution in [1.82, 2.24) is 4.90 Å². The Hall–Kier alpha value is -1.47. The van der Waals surface area contributed by atoms with Gasteiger partial charge in [0.2, 0.25) is 0 Å². The number of amides is 2. The van der Waals surface area contributed by atoms with E-state index < -0.39 is 17.3 Å². The average molecular weight is 345 g/mol. The first-order chi connectivity index (χ1) is 9.33. The number of rotatable bonds is 2. The Bertz CT molecular complexity index is 567. The summed E-state index contributed by atoms with van der Waals surface area (Å²) in [4.78, 5) is 25.0. The second-order valence-corrected chi connectivity index (χ2v) is 5.70. The first-order valence-electron chi connectivity index (χ1n) is 6.10. The lowest BCUT2D eigenvalue weighted by Gasteiger charge is -2.37. The number of nitrogens with zero attached hydrogens (tertiary/aromatic N) is 1. The molecular formula is C13H14BrFN2O3. The number of nitrogens with two attached hydrogens (primary N) is 1. The molecule has 108 valence electrons. The summed E-state index contributed by atoms with van der Waals surface area (Å²) in [5, 5.41) is 10.1. The minimum absolute atomic E-state index is 0.148. The molecule has 1 aromatic rings. The molecular weight excluding hydrogens is 331 g/mol. The van der Waals surface area contributed by atoms with Gasteiger partial charge in [-0.05, 0) is 47.0 Å². The van der Waals surface area contributed by atoms with Crippen molar-refractivity contribution >= 4 is 27.7 Å². The molecule has 1 aromatic carbocycles. The number of primary amides is 1. The van der Waals surface area contributed by atoms with Crippen LogP contribution in [0.25, 0.3) is 0 Å². The number of halogens is 2. The molecule has 0 aliphatic carbocycles. The highest BCUT2D eigenvalue weighted by Crippen LogP contribution is 2.25. The summed E-state index contributed by atoms with van der Waals surface area (Å²) in [6.07, 6.45) is 0.709. The summed E-state index contributed by atoms with van der Waals surface area (Å²) >= 11 is 3.13. The van der Waals surface area contributed by atoms with Gasteiger partial charge in [0.1, 0.15) is 5.82 Å². The van der Waals surface area contributed by atoms with Gasteiger partial charge in [-0.2, -0.15) is 0 Å². The first-order valence-corrected chi connectivity index (χ1v) is 6.89.